The van der Waals surface area contributed by atoms with Crippen molar-refractivity contribution in [3.8, 4) is 11.5 Å². The zero-order valence-electron chi connectivity index (χ0n) is 12.8. The number of hydrogen-bond acceptors (Lipinski definition) is 7. The lowest BCUT2D eigenvalue weighted by molar-refractivity contribution is 0.0595. The second-order valence-electron chi connectivity index (χ2n) is 4.74. The number of aryl methyl sites for hydroxylation is 1. The number of benzene rings is 1. The second kappa shape index (κ2) is 6.80. The lowest BCUT2D eigenvalue weighted by Crippen LogP contribution is -2.11. The average Bonchev–Trinajstić information content (AvgIpc) is 2.87. The zero-order valence-corrected chi connectivity index (χ0v) is 13.6. The highest BCUT2D eigenvalue weighted by Crippen LogP contribution is 2.39. The van der Waals surface area contributed by atoms with E-state index < -0.39 is 23.6 Å². The minimum absolute atomic E-state index is 0.00993. The first-order chi connectivity index (χ1) is 10.9. The third kappa shape index (κ3) is 3.20. The Morgan fingerprint density at radius 3 is 2.57 bits per heavy atom. The predicted molar refractivity (Wildman–Crippen MR) is 84.3 cm³/mol. The van der Waals surface area contributed by atoms with Gasteiger partial charge in [-0.1, -0.05) is 12.1 Å². The van der Waals surface area contributed by atoms with Crippen molar-refractivity contribution in [1.29, 1.82) is 0 Å². The van der Waals surface area contributed by atoms with Crippen molar-refractivity contribution in [2.75, 3.05) is 14.2 Å². The molecule has 2 N–H and O–H groups in total. The summed E-state index contributed by atoms with van der Waals surface area (Å²) in [5.74, 6) is -1.27. The lowest BCUT2D eigenvalue weighted by atomic mass is 10.0. The minimum atomic E-state index is -1.58. The van der Waals surface area contributed by atoms with Crippen LogP contribution in [0.4, 0.5) is 0 Å². The van der Waals surface area contributed by atoms with E-state index in [0.29, 0.717) is 10.6 Å². The summed E-state index contributed by atoms with van der Waals surface area (Å²) in [6.07, 6.45) is -1.58. The van der Waals surface area contributed by atoms with Crippen LogP contribution in [0.3, 0.4) is 0 Å². The molecule has 122 valence electrons. The SMILES string of the molecule is COC(=O)c1c(C)sc(C(O)C(=O)c2cccc(OC)c2)c1O. The highest BCUT2D eigenvalue weighted by molar-refractivity contribution is 7.12. The van der Waals surface area contributed by atoms with E-state index in [1.54, 1.807) is 19.1 Å². The molecule has 2 aromatic rings. The van der Waals surface area contributed by atoms with Crippen LogP contribution in [0.25, 0.3) is 0 Å². The Morgan fingerprint density at radius 2 is 1.96 bits per heavy atom. The van der Waals surface area contributed by atoms with Gasteiger partial charge in [-0.05, 0) is 19.1 Å². The normalized spacial score (nSPS) is 11.8. The van der Waals surface area contributed by atoms with E-state index >= 15 is 0 Å². The molecule has 7 heteroatoms. The lowest BCUT2D eigenvalue weighted by Gasteiger charge is -2.09. The Kier molecular flexibility index (Phi) is 5.02. The summed E-state index contributed by atoms with van der Waals surface area (Å²) >= 11 is 0.973. The Morgan fingerprint density at radius 1 is 1.26 bits per heavy atom. The minimum Gasteiger partial charge on any atom is -0.506 e. The fourth-order valence-electron chi connectivity index (χ4n) is 2.14. The first-order valence-electron chi connectivity index (χ1n) is 6.67. The van der Waals surface area contributed by atoms with Crippen LogP contribution in [0.5, 0.6) is 11.5 Å². The molecule has 0 saturated heterocycles. The molecule has 2 rings (SSSR count). The van der Waals surface area contributed by atoms with Gasteiger partial charge in [0.1, 0.15) is 17.1 Å². The largest absolute Gasteiger partial charge is 0.506 e. The van der Waals surface area contributed by atoms with E-state index in [-0.39, 0.29) is 16.0 Å². The summed E-state index contributed by atoms with van der Waals surface area (Å²) in [6, 6.07) is 6.32. The topological polar surface area (TPSA) is 93.1 Å². The van der Waals surface area contributed by atoms with Gasteiger partial charge in [-0.25, -0.2) is 4.79 Å². The van der Waals surface area contributed by atoms with Crippen LogP contribution >= 0.6 is 11.3 Å². The molecule has 1 atom stereocenters. The van der Waals surface area contributed by atoms with E-state index in [1.165, 1.54) is 26.4 Å². The Bertz CT molecular complexity index is 749. The molecule has 1 aromatic carbocycles. The molecule has 0 aliphatic rings. The van der Waals surface area contributed by atoms with Crippen molar-refractivity contribution in [2.45, 2.75) is 13.0 Å². The molecule has 6 nitrogen and oxygen atoms in total. The van der Waals surface area contributed by atoms with Gasteiger partial charge in [0.15, 0.2) is 11.9 Å². The van der Waals surface area contributed by atoms with Gasteiger partial charge < -0.3 is 19.7 Å². The van der Waals surface area contributed by atoms with Crippen molar-refractivity contribution in [3.05, 3.63) is 45.1 Å². The number of carbonyl (C=O) groups excluding carboxylic acids is 2. The second-order valence-corrected chi connectivity index (χ2v) is 5.99. The smallest absolute Gasteiger partial charge is 0.342 e. The molecule has 0 bridgehead atoms. The quantitative estimate of drug-likeness (QED) is 0.643. The number of aromatic hydroxyl groups is 1. The van der Waals surface area contributed by atoms with Crippen molar-refractivity contribution in [2.24, 2.45) is 0 Å². The van der Waals surface area contributed by atoms with Crippen LogP contribution in [-0.2, 0) is 4.74 Å². The summed E-state index contributed by atoms with van der Waals surface area (Å²) in [5, 5.41) is 20.4. The number of hydrogen-bond donors (Lipinski definition) is 2. The standard InChI is InChI=1S/C16H16O6S/c1-8-11(16(20)22-3)13(18)15(23-8)14(19)12(17)9-5-4-6-10(7-9)21-2/h4-7,14,18-19H,1-3H3. The Hall–Kier alpha value is -2.38. The summed E-state index contributed by atoms with van der Waals surface area (Å²) in [7, 11) is 2.66. The van der Waals surface area contributed by atoms with Crippen molar-refractivity contribution >= 4 is 23.1 Å². The predicted octanol–water partition coefficient (Wildman–Crippen LogP) is 2.47. The van der Waals surface area contributed by atoms with E-state index in [2.05, 4.69) is 4.74 Å². The molecule has 0 amide bonds. The third-order valence-corrected chi connectivity index (χ3v) is 4.47. The van der Waals surface area contributed by atoms with Gasteiger partial charge in [0.2, 0.25) is 0 Å². The number of Topliss-reactive ketones (excluding diaryl/α,β-unsaturated/α-hetero) is 1. The molecule has 0 spiro atoms. The number of thiophene rings is 1. The summed E-state index contributed by atoms with van der Waals surface area (Å²) in [4.78, 5) is 24.5. The first kappa shape index (κ1) is 17.0. The highest BCUT2D eigenvalue weighted by atomic mass is 32.1. The average molecular weight is 336 g/mol. The van der Waals surface area contributed by atoms with E-state index in [9.17, 15) is 19.8 Å². The molecular weight excluding hydrogens is 320 g/mol. The van der Waals surface area contributed by atoms with Gasteiger partial charge in [-0.3, -0.25) is 4.79 Å². The number of aliphatic hydroxyl groups excluding tert-OH is 1. The van der Waals surface area contributed by atoms with E-state index in [1.807, 2.05) is 0 Å². The molecule has 23 heavy (non-hydrogen) atoms. The van der Waals surface area contributed by atoms with E-state index in [0.717, 1.165) is 11.3 Å². The van der Waals surface area contributed by atoms with Gasteiger partial charge in [0.05, 0.1) is 19.1 Å². The summed E-state index contributed by atoms with van der Waals surface area (Å²) in [5.41, 5.74) is 0.201. The van der Waals surface area contributed by atoms with Gasteiger partial charge >= 0.3 is 5.97 Å². The van der Waals surface area contributed by atoms with Gasteiger partial charge in [-0.2, -0.15) is 0 Å². The maximum absolute atomic E-state index is 12.4. The third-order valence-electron chi connectivity index (χ3n) is 3.33. The van der Waals surface area contributed by atoms with Crippen LogP contribution in [0, 0.1) is 6.92 Å². The number of carbonyl (C=O) groups is 2. The van der Waals surface area contributed by atoms with Crippen molar-refractivity contribution in [1.82, 2.24) is 0 Å². The Balaban J connectivity index is 2.38. The number of methoxy groups -OCH3 is 2. The van der Waals surface area contributed by atoms with Crippen molar-refractivity contribution < 1.29 is 29.3 Å². The molecule has 0 aliphatic carbocycles. The monoisotopic (exact) mass is 336 g/mol. The van der Waals surface area contributed by atoms with Gasteiger partial charge in [-0.15, -0.1) is 11.3 Å². The van der Waals surface area contributed by atoms with Gasteiger partial charge in [0, 0.05) is 10.4 Å². The summed E-state index contributed by atoms with van der Waals surface area (Å²) < 4.78 is 9.63. The van der Waals surface area contributed by atoms with Crippen LogP contribution in [0.2, 0.25) is 0 Å². The van der Waals surface area contributed by atoms with E-state index in [4.69, 9.17) is 4.74 Å². The van der Waals surface area contributed by atoms with Crippen molar-refractivity contribution in [3.63, 3.8) is 0 Å². The fourth-order valence-corrected chi connectivity index (χ4v) is 3.16. The number of rotatable bonds is 5. The van der Waals surface area contributed by atoms with Gasteiger partial charge in [0.25, 0.3) is 0 Å². The molecule has 0 saturated carbocycles. The molecular formula is C16H16O6S. The number of esters is 1. The number of ether oxygens (including phenoxy) is 2. The molecule has 1 aromatic heterocycles. The number of ketones is 1. The fraction of sp³-hybridized carbons (Fsp3) is 0.250. The maximum atomic E-state index is 12.4. The highest BCUT2D eigenvalue weighted by Gasteiger charge is 2.30. The molecule has 1 heterocycles. The maximum Gasteiger partial charge on any atom is 0.342 e. The Labute approximate surface area is 136 Å². The molecule has 1 unspecified atom stereocenters. The van der Waals surface area contributed by atoms with Crippen LogP contribution < -0.4 is 4.74 Å². The van der Waals surface area contributed by atoms with Crippen LogP contribution in [-0.4, -0.2) is 36.2 Å². The summed E-state index contributed by atoms with van der Waals surface area (Å²) in [6.45, 7) is 1.60. The first-order valence-corrected chi connectivity index (χ1v) is 7.49. The molecule has 0 radical (unpaired) electrons. The molecule has 0 fully saturated rings. The number of aliphatic hydroxyl groups is 1. The molecule has 0 aliphatic heterocycles. The zero-order chi connectivity index (χ0) is 17.1. The van der Waals surface area contributed by atoms with Crippen LogP contribution in [0.1, 0.15) is 36.6 Å². The van der Waals surface area contributed by atoms with Crippen LogP contribution in [0.15, 0.2) is 24.3 Å².